The predicted molar refractivity (Wildman–Crippen MR) is 67.6 cm³/mol. The highest BCUT2D eigenvalue weighted by Crippen LogP contribution is 2.26. The van der Waals surface area contributed by atoms with Gasteiger partial charge in [-0.1, -0.05) is 39.8 Å². The van der Waals surface area contributed by atoms with Crippen molar-refractivity contribution in [2.75, 3.05) is 12.3 Å². The van der Waals surface area contributed by atoms with E-state index in [4.69, 9.17) is 0 Å². The van der Waals surface area contributed by atoms with Gasteiger partial charge in [0.25, 0.3) is 11.1 Å². The minimum Gasteiger partial charge on any atom is -0.271 e. The number of rotatable bonds is 2. The largest absolute Gasteiger partial charge is 0.288 e. The minimum atomic E-state index is -1.77. The topological polar surface area (TPSA) is 37.4 Å². The van der Waals surface area contributed by atoms with E-state index in [9.17, 15) is 14.0 Å². The molecule has 2 amide bonds. The lowest BCUT2D eigenvalue weighted by atomic mass is 10.1. The van der Waals surface area contributed by atoms with Crippen LogP contribution in [0.2, 0.25) is 0 Å². The van der Waals surface area contributed by atoms with Crippen molar-refractivity contribution in [1.29, 1.82) is 0 Å². The first-order valence-corrected chi connectivity index (χ1v) is 6.75. The van der Waals surface area contributed by atoms with Crippen molar-refractivity contribution >= 4 is 38.8 Å². The molecule has 3 nitrogen and oxygen atoms in total. The third kappa shape index (κ3) is 2.69. The Bertz CT molecular complexity index is 451. The number of alkyl halides is 1. The van der Waals surface area contributed by atoms with Crippen LogP contribution in [-0.2, 0) is 4.79 Å². The smallest absolute Gasteiger partial charge is 0.271 e. The lowest BCUT2D eigenvalue weighted by Crippen LogP contribution is -2.33. The SMILES string of the molecule is O=C1SCCN1C(=O)[C@H](F)c1ccc(Br)cc1. The molecule has 0 bridgehead atoms. The molecule has 0 spiro atoms. The molecule has 1 atom stereocenters. The second-order valence-corrected chi connectivity index (χ2v) is 5.48. The van der Waals surface area contributed by atoms with E-state index in [2.05, 4.69) is 15.9 Å². The Hall–Kier alpha value is -0.880. The third-order valence-corrected chi connectivity index (χ3v) is 3.79. The van der Waals surface area contributed by atoms with Gasteiger partial charge in [0.15, 0.2) is 0 Å². The van der Waals surface area contributed by atoms with E-state index in [0.717, 1.165) is 21.1 Å². The summed E-state index contributed by atoms with van der Waals surface area (Å²) in [4.78, 5) is 24.0. The van der Waals surface area contributed by atoms with Gasteiger partial charge in [-0.15, -0.1) is 0 Å². The first kappa shape index (κ1) is 12.6. The fourth-order valence-electron chi connectivity index (χ4n) is 1.50. The first-order chi connectivity index (χ1) is 8.09. The van der Waals surface area contributed by atoms with Crippen LogP contribution in [0.15, 0.2) is 28.7 Å². The molecule has 0 unspecified atom stereocenters. The fourth-order valence-corrected chi connectivity index (χ4v) is 2.55. The van der Waals surface area contributed by atoms with Gasteiger partial charge in [0.2, 0.25) is 6.17 Å². The summed E-state index contributed by atoms with van der Waals surface area (Å²) < 4.78 is 14.7. The molecule has 6 heteroatoms. The third-order valence-electron chi connectivity index (χ3n) is 2.41. The zero-order valence-corrected chi connectivity index (χ0v) is 11.1. The van der Waals surface area contributed by atoms with Crippen LogP contribution >= 0.6 is 27.7 Å². The molecule has 2 rings (SSSR count). The van der Waals surface area contributed by atoms with Gasteiger partial charge >= 0.3 is 0 Å². The maximum Gasteiger partial charge on any atom is 0.288 e. The monoisotopic (exact) mass is 317 g/mol. The van der Waals surface area contributed by atoms with Gasteiger partial charge in [0.1, 0.15) is 0 Å². The van der Waals surface area contributed by atoms with E-state index in [-0.39, 0.29) is 10.8 Å². The van der Waals surface area contributed by atoms with Gasteiger partial charge in [0, 0.05) is 16.8 Å². The standard InChI is InChI=1S/C11H9BrFNO2S/c12-8-3-1-7(2-4-8)9(13)10(15)14-5-6-17-11(14)16/h1-4,9H,5-6H2/t9-/m1/s1. The van der Waals surface area contributed by atoms with Crippen LogP contribution in [0.1, 0.15) is 11.7 Å². The van der Waals surface area contributed by atoms with Crippen molar-refractivity contribution in [3.63, 3.8) is 0 Å². The molecule has 0 aliphatic carbocycles. The summed E-state index contributed by atoms with van der Waals surface area (Å²) >= 11 is 4.27. The van der Waals surface area contributed by atoms with Crippen LogP contribution in [0.5, 0.6) is 0 Å². The van der Waals surface area contributed by atoms with Crippen LogP contribution in [0.3, 0.4) is 0 Å². The maximum atomic E-state index is 13.9. The average molecular weight is 318 g/mol. The van der Waals surface area contributed by atoms with Crippen LogP contribution < -0.4 is 0 Å². The van der Waals surface area contributed by atoms with E-state index >= 15 is 0 Å². The molecule has 0 aromatic heterocycles. The highest BCUT2D eigenvalue weighted by molar-refractivity contribution is 9.10. The van der Waals surface area contributed by atoms with Crippen LogP contribution in [0.4, 0.5) is 9.18 Å². The van der Waals surface area contributed by atoms with Gasteiger partial charge < -0.3 is 0 Å². The Morgan fingerprint density at radius 3 is 2.59 bits per heavy atom. The summed E-state index contributed by atoms with van der Waals surface area (Å²) in [5, 5.41) is -0.366. The van der Waals surface area contributed by atoms with E-state index in [1.54, 1.807) is 12.1 Å². The maximum absolute atomic E-state index is 13.9. The number of halogens is 2. The Kier molecular flexibility index (Phi) is 3.83. The Morgan fingerprint density at radius 2 is 2.06 bits per heavy atom. The number of imide groups is 1. The normalized spacial score (nSPS) is 17.3. The quantitative estimate of drug-likeness (QED) is 0.841. The zero-order chi connectivity index (χ0) is 12.4. The molecule has 1 aliphatic rings. The van der Waals surface area contributed by atoms with Gasteiger partial charge in [-0.3, -0.25) is 14.5 Å². The summed E-state index contributed by atoms with van der Waals surface area (Å²) in [6, 6.07) is 6.38. The molecule has 0 N–H and O–H groups in total. The zero-order valence-electron chi connectivity index (χ0n) is 8.73. The molecule has 1 saturated heterocycles. The van der Waals surface area contributed by atoms with Crippen LogP contribution in [0.25, 0.3) is 0 Å². The van der Waals surface area contributed by atoms with Crippen molar-refractivity contribution in [1.82, 2.24) is 4.90 Å². The molecule has 17 heavy (non-hydrogen) atoms. The molecule has 1 aromatic carbocycles. The molecule has 90 valence electrons. The van der Waals surface area contributed by atoms with Crippen LogP contribution in [0, 0.1) is 0 Å². The summed E-state index contributed by atoms with van der Waals surface area (Å²) in [5.41, 5.74) is 0.267. The first-order valence-electron chi connectivity index (χ1n) is 4.97. The van der Waals surface area contributed by atoms with Crippen molar-refractivity contribution in [3.05, 3.63) is 34.3 Å². The number of carbonyl (C=O) groups excluding carboxylic acids is 2. The summed E-state index contributed by atoms with van der Waals surface area (Å²) in [7, 11) is 0. The van der Waals surface area contributed by atoms with Crippen molar-refractivity contribution < 1.29 is 14.0 Å². The van der Waals surface area contributed by atoms with E-state index in [1.807, 2.05) is 0 Å². The van der Waals surface area contributed by atoms with E-state index in [0.29, 0.717) is 12.3 Å². The number of benzene rings is 1. The molecular weight excluding hydrogens is 309 g/mol. The number of amides is 2. The fraction of sp³-hybridized carbons (Fsp3) is 0.273. The Balaban J connectivity index is 2.14. The molecule has 1 heterocycles. The number of nitrogens with zero attached hydrogens (tertiary/aromatic N) is 1. The summed E-state index contributed by atoms with van der Waals surface area (Å²) in [6.45, 7) is 0.291. The lowest BCUT2D eigenvalue weighted by Gasteiger charge is -2.15. The van der Waals surface area contributed by atoms with Crippen LogP contribution in [-0.4, -0.2) is 28.3 Å². The second kappa shape index (κ2) is 5.18. The second-order valence-electron chi connectivity index (χ2n) is 3.52. The van der Waals surface area contributed by atoms with Crippen molar-refractivity contribution in [3.8, 4) is 0 Å². The predicted octanol–water partition coefficient (Wildman–Crippen LogP) is 3.16. The van der Waals surface area contributed by atoms with E-state index in [1.165, 1.54) is 12.1 Å². The molecule has 0 radical (unpaired) electrons. The average Bonchev–Trinajstić information content (AvgIpc) is 2.74. The molecule has 1 fully saturated rings. The number of hydrogen-bond donors (Lipinski definition) is 0. The lowest BCUT2D eigenvalue weighted by molar-refractivity contribution is -0.132. The number of thioether (sulfide) groups is 1. The molecule has 0 saturated carbocycles. The van der Waals surface area contributed by atoms with Gasteiger partial charge in [-0.25, -0.2) is 4.39 Å². The summed E-state index contributed by atoms with van der Waals surface area (Å²) in [5.74, 6) is -0.236. The van der Waals surface area contributed by atoms with Gasteiger partial charge in [-0.2, -0.15) is 0 Å². The molecular formula is C11H9BrFNO2S. The number of hydrogen-bond acceptors (Lipinski definition) is 3. The molecule has 1 aromatic rings. The highest BCUT2D eigenvalue weighted by Gasteiger charge is 2.33. The van der Waals surface area contributed by atoms with E-state index < -0.39 is 12.1 Å². The molecule has 1 aliphatic heterocycles. The number of carbonyl (C=O) groups is 2. The van der Waals surface area contributed by atoms with Gasteiger partial charge in [0.05, 0.1) is 0 Å². The van der Waals surface area contributed by atoms with Crippen molar-refractivity contribution in [2.24, 2.45) is 0 Å². The minimum absolute atomic E-state index is 0.267. The Morgan fingerprint density at radius 1 is 1.41 bits per heavy atom. The van der Waals surface area contributed by atoms with Gasteiger partial charge in [-0.05, 0) is 17.7 Å². The summed E-state index contributed by atoms with van der Waals surface area (Å²) in [6.07, 6.45) is -1.77. The highest BCUT2D eigenvalue weighted by atomic mass is 79.9. The Labute approximate surface area is 110 Å². The van der Waals surface area contributed by atoms with Crippen molar-refractivity contribution in [2.45, 2.75) is 6.17 Å².